The molecule has 0 radical (unpaired) electrons. The van der Waals surface area contributed by atoms with Crippen molar-refractivity contribution in [1.29, 1.82) is 0 Å². The Morgan fingerprint density at radius 2 is 1.95 bits per heavy atom. The van der Waals surface area contributed by atoms with Gasteiger partial charge in [-0.15, -0.1) is 0 Å². The van der Waals surface area contributed by atoms with E-state index in [4.69, 9.17) is 0 Å². The molecule has 3 nitrogen and oxygen atoms in total. The first kappa shape index (κ1) is 11.8. The molecule has 2 fully saturated rings. The molecule has 1 aromatic rings. The lowest BCUT2D eigenvalue weighted by molar-refractivity contribution is -0.0343. The van der Waals surface area contributed by atoms with E-state index in [9.17, 15) is 13.9 Å². The molecule has 2 saturated carbocycles. The maximum absolute atomic E-state index is 14.4. The summed E-state index contributed by atoms with van der Waals surface area (Å²) in [6.45, 7) is 5.63. The summed E-state index contributed by atoms with van der Waals surface area (Å²) in [5.41, 5.74) is -0.175. The predicted molar refractivity (Wildman–Crippen MR) is 65.1 cm³/mol. The summed E-state index contributed by atoms with van der Waals surface area (Å²) in [6, 6.07) is 0. The zero-order chi connectivity index (χ0) is 13.8. The molecule has 0 aromatic carbocycles. The van der Waals surface area contributed by atoms with Gasteiger partial charge in [-0.3, -0.25) is 4.68 Å². The second-order valence-electron chi connectivity index (χ2n) is 7.30. The average Bonchev–Trinajstić information content (AvgIpc) is 3.14. The largest absolute Gasteiger partial charge is 0.383 e. The fraction of sp³-hybridized carbons (Fsp3) is 0.786. The molecule has 1 N–H and O–H groups in total. The molecule has 0 saturated heterocycles. The zero-order valence-corrected chi connectivity index (χ0v) is 11.4. The first-order chi connectivity index (χ1) is 8.66. The molecule has 0 spiro atoms. The van der Waals surface area contributed by atoms with Crippen LogP contribution in [0.3, 0.4) is 0 Å². The number of alkyl halides is 2. The van der Waals surface area contributed by atoms with E-state index in [1.807, 2.05) is 20.8 Å². The van der Waals surface area contributed by atoms with Gasteiger partial charge in [-0.2, -0.15) is 13.9 Å². The highest BCUT2D eigenvalue weighted by Crippen LogP contribution is 2.69. The van der Waals surface area contributed by atoms with Gasteiger partial charge in [-0.05, 0) is 46.0 Å². The highest BCUT2D eigenvalue weighted by atomic mass is 19.3. The number of nitrogens with zero attached hydrogens (tertiary/aromatic N) is 2. The maximum atomic E-state index is 14.4. The monoisotopic (exact) mass is 268 g/mol. The van der Waals surface area contributed by atoms with E-state index in [0.29, 0.717) is 30.5 Å². The van der Waals surface area contributed by atoms with Crippen molar-refractivity contribution in [3.63, 3.8) is 0 Å². The third-order valence-electron chi connectivity index (χ3n) is 4.66. The maximum Gasteiger partial charge on any atom is 0.293 e. The Bertz CT molecular complexity index is 581. The van der Waals surface area contributed by atoms with Crippen LogP contribution in [0.5, 0.6) is 0 Å². The second kappa shape index (κ2) is 2.87. The van der Waals surface area contributed by atoms with Crippen LogP contribution in [-0.2, 0) is 17.1 Å². The molecule has 0 aliphatic heterocycles. The number of hydrogen-bond donors (Lipinski definition) is 1. The van der Waals surface area contributed by atoms with Gasteiger partial charge in [-0.25, -0.2) is 0 Å². The minimum atomic E-state index is -2.79. The number of fused-ring (bicyclic) bond motifs is 3. The molecule has 3 aliphatic carbocycles. The van der Waals surface area contributed by atoms with Gasteiger partial charge < -0.3 is 5.11 Å². The van der Waals surface area contributed by atoms with Crippen molar-refractivity contribution in [1.82, 2.24) is 9.78 Å². The Balaban J connectivity index is 1.99. The molecule has 19 heavy (non-hydrogen) atoms. The summed E-state index contributed by atoms with van der Waals surface area (Å²) in [6.07, 6.45) is 1.83. The van der Waals surface area contributed by atoms with Crippen molar-refractivity contribution < 1.29 is 13.9 Å². The molecule has 1 heterocycles. The summed E-state index contributed by atoms with van der Waals surface area (Å²) in [7, 11) is 0. The Labute approximate surface area is 110 Å². The van der Waals surface area contributed by atoms with Gasteiger partial charge in [0.05, 0.1) is 11.2 Å². The van der Waals surface area contributed by atoms with E-state index in [1.54, 1.807) is 0 Å². The third-order valence-corrected chi connectivity index (χ3v) is 4.66. The van der Waals surface area contributed by atoms with E-state index >= 15 is 0 Å². The predicted octanol–water partition coefficient (Wildman–Crippen LogP) is 2.83. The summed E-state index contributed by atoms with van der Waals surface area (Å²) < 4.78 is 30.3. The molecule has 3 aliphatic rings. The molecule has 5 heteroatoms. The van der Waals surface area contributed by atoms with Crippen LogP contribution in [0, 0.1) is 5.92 Å². The van der Waals surface area contributed by atoms with Gasteiger partial charge in [0.15, 0.2) is 0 Å². The number of rotatable bonds is 1. The van der Waals surface area contributed by atoms with E-state index in [-0.39, 0.29) is 11.6 Å². The fourth-order valence-electron chi connectivity index (χ4n) is 3.38. The summed E-state index contributed by atoms with van der Waals surface area (Å²) in [5, 5.41) is 14.7. The average molecular weight is 268 g/mol. The van der Waals surface area contributed by atoms with E-state index in [0.717, 1.165) is 0 Å². The van der Waals surface area contributed by atoms with Crippen LogP contribution >= 0.6 is 0 Å². The van der Waals surface area contributed by atoms with Gasteiger partial charge in [0, 0.05) is 11.5 Å². The van der Waals surface area contributed by atoms with Crippen LogP contribution in [0.4, 0.5) is 8.78 Å². The van der Waals surface area contributed by atoms with E-state index in [1.165, 1.54) is 4.68 Å². The molecule has 1 aromatic heterocycles. The zero-order valence-electron chi connectivity index (χ0n) is 11.4. The molecule has 0 bridgehead atoms. The number of aliphatic hydroxyl groups is 1. The van der Waals surface area contributed by atoms with Gasteiger partial charge >= 0.3 is 0 Å². The topological polar surface area (TPSA) is 38.0 Å². The summed E-state index contributed by atoms with van der Waals surface area (Å²) in [4.78, 5) is 0. The van der Waals surface area contributed by atoms with Crippen molar-refractivity contribution in [2.75, 3.05) is 0 Å². The lowest BCUT2D eigenvalue weighted by Crippen LogP contribution is -2.30. The smallest absolute Gasteiger partial charge is 0.293 e. The Hall–Kier alpha value is -0.970. The van der Waals surface area contributed by atoms with E-state index in [2.05, 4.69) is 5.10 Å². The van der Waals surface area contributed by atoms with Crippen LogP contribution in [0.2, 0.25) is 0 Å². The minimum Gasteiger partial charge on any atom is -0.383 e. The normalized spacial score (nSPS) is 32.9. The molecule has 1 unspecified atom stereocenters. The first-order valence-corrected chi connectivity index (χ1v) is 6.91. The van der Waals surface area contributed by atoms with Crippen molar-refractivity contribution >= 4 is 0 Å². The summed E-state index contributed by atoms with van der Waals surface area (Å²) in [5.74, 6) is -3.43. The van der Waals surface area contributed by atoms with Gasteiger partial charge in [0.25, 0.3) is 5.92 Å². The highest BCUT2D eigenvalue weighted by Gasteiger charge is 2.68. The number of aromatic nitrogens is 2. The van der Waals surface area contributed by atoms with Crippen molar-refractivity contribution in [2.24, 2.45) is 5.92 Å². The summed E-state index contributed by atoms with van der Waals surface area (Å²) >= 11 is 0. The lowest BCUT2D eigenvalue weighted by atomic mass is 10.0. The molecular weight excluding hydrogens is 250 g/mol. The minimum absolute atomic E-state index is 0.0663. The number of hydrogen-bond acceptors (Lipinski definition) is 2. The van der Waals surface area contributed by atoms with Crippen LogP contribution < -0.4 is 0 Å². The second-order valence-corrected chi connectivity index (χ2v) is 7.30. The van der Waals surface area contributed by atoms with Crippen molar-refractivity contribution in [2.45, 2.75) is 63.0 Å². The molecule has 0 amide bonds. The van der Waals surface area contributed by atoms with Gasteiger partial charge in [0.1, 0.15) is 11.3 Å². The molecule has 4 rings (SSSR count). The standard InChI is InChI=1S/C14H18F2N2O/c1-12(2,3)18-11-9(7-6-8(7)14(11,15)16)10(17-18)13(19)4-5-13/h7-8,19H,4-6H2,1-3H3/t7?,8-/m1/s1. The van der Waals surface area contributed by atoms with Crippen LogP contribution in [0.15, 0.2) is 0 Å². The van der Waals surface area contributed by atoms with Crippen molar-refractivity contribution in [3.05, 3.63) is 17.0 Å². The van der Waals surface area contributed by atoms with Crippen LogP contribution in [0.1, 0.15) is 62.9 Å². The van der Waals surface area contributed by atoms with Gasteiger partial charge in [-0.1, -0.05) is 0 Å². The SMILES string of the molecule is CC(C)(C)n1nc(C2(O)CC2)c2c1C(F)(F)[C@@H]1CC21. The Morgan fingerprint density at radius 1 is 1.32 bits per heavy atom. The third kappa shape index (κ3) is 1.32. The van der Waals surface area contributed by atoms with Crippen LogP contribution in [-0.4, -0.2) is 14.9 Å². The fourth-order valence-corrected chi connectivity index (χ4v) is 3.38. The lowest BCUT2D eigenvalue weighted by Gasteiger charge is -2.25. The van der Waals surface area contributed by atoms with Crippen molar-refractivity contribution in [3.8, 4) is 0 Å². The Morgan fingerprint density at radius 3 is 2.47 bits per heavy atom. The first-order valence-electron chi connectivity index (χ1n) is 6.91. The molecule has 2 atom stereocenters. The Kier molecular flexibility index (Phi) is 1.79. The van der Waals surface area contributed by atoms with Gasteiger partial charge in [0.2, 0.25) is 0 Å². The highest BCUT2D eigenvalue weighted by molar-refractivity contribution is 5.49. The quantitative estimate of drug-likeness (QED) is 0.850. The molecular formula is C14H18F2N2O. The van der Waals surface area contributed by atoms with Crippen LogP contribution in [0.25, 0.3) is 0 Å². The number of halogens is 2. The molecule has 104 valence electrons. The van der Waals surface area contributed by atoms with E-state index < -0.39 is 23.0 Å².